The first kappa shape index (κ1) is 19.1. The minimum absolute atomic E-state index is 0.284. The molecule has 1 N–H and O–H groups in total. The Kier molecular flexibility index (Phi) is 6.38. The summed E-state index contributed by atoms with van der Waals surface area (Å²) in [5, 5.41) is 2.78. The summed E-state index contributed by atoms with van der Waals surface area (Å²) in [6.45, 7) is 1.81. The van der Waals surface area contributed by atoms with Gasteiger partial charge in [0.05, 0.1) is 26.9 Å². The molecule has 136 valence electrons. The number of methoxy groups -OCH3 is 3. The molecule has 0 heterocycles. The summed E-state index contributed by atoms with van der Waals surface area (Å²) in [6, 6.07) is 10.3. The van der Waals surface area contributed by atoms with Crippen molar-refractivity contribution in [3.05, 3.63) is 59.2 Å². The first-order valence-corrected chi connectivity index (χ1v) is 7.88. The zero-order valence-electron chi connectivity index (χ0n) is 15.2. The van der Waals surface area contributed by atoms with E-state index in [4.69, 9.17) is 9.47 Å². The molecule has 0 spiro atoms. The second-order valence-corrected chi connectivity index (χ2v) is 5.46. The highest BCUT2D eigenvalue weighted by Crippen LogP contribution is 2.28. The summed E-state index contributed by atoms with van der Waals surface area (Å²) in [4.78, 5) is 23.7. The smallest absolute Gasteiger partial charge is 0.337 e. The summed E-state index contributed by atoms with van der Waals surface area (Å²) in [6.07, 6.45) is 3.10. The van der Waals surface area contributed by atoms with E-state index in [-0.39, 0.29) is 5.91 Å². The van der Waals surface area contributed by atoms with E-state index in [9.17, 15) is 9.59 Å². The van der Waals surface area contributed by atoms with Gasteiger partial charge in [0, 0.05) is 11.8 Å². The van der Waals surface area contributed by atoms with Crippen molar-refractivity contribution in [2.45, 2.75) is 6.92 Å². The highest BCUT2D eigenvalue weighted by molar-refractivity contribution is 6.02. The molecular weight excluding hydrogens is 334 g/mol. The number of anilines is 1. The Balaban J connectivity index is 2.09. The van der Waals surface area contributed by atoms with Gasteiger partial charge in [-0.15, -0.1) is 0 Å². The molecule has 0 unspecified atom stereocenters. The Morgan fingerprint density at radius 3 is 2.31 bits per heavy atom. The third-order valence-electron chi connectivity index (χ3n) is 3.74. The molecule has 0 aliphatic carbocycles. The summed E-state index contributed by atoms with van der Waals surface area (Å²) in [5.74, 6) is 0.507. The van der Waals surface area contributed by atoms with E-state index in [2.05, 4.69) is 10.1 Å². The average Bonchev–Trinajstić information content (AvgIpc) is 2.66. The van der Waals surface area contributed by atoms with Gasteiger partial charge in [-0.2, -0.15) is 0 Å². The van der Waals surface area contributed by atoms with Gasteiger partial charge in [-0.25, -0.2) is 4.79 Å². The lowest BCUT2D eigenvalue weighted by Gasteiger charge is -2.09. The molecule has 2 rings (SSSR count). The molecule has 0 bridgehead atoms. The fourth-order valence-electron chi connectivity index (χ4n) is 2.35. The molecule has 2 aromatic carbocycles. The van der Waals surface area contributed by atoms with Crippen LogP contribution in [0, 0.1) is 6.92 Å². The summed E-state index contributed by atoms with van der Waals surface area (Å²) in [5.41, 5.74) is 2.62. The maximum Gasteiger partial charge on any atom is 0.337 e. The molecular formula is C20H21NO5. The second-order valence-electron chi connectivity index (χ2n) is 5.46. The molecule has 0 aromatic heterocycles. The molecule has 0 atom stereocenters. The molecule has 2 aromatic rings. The molecule has 1 amide bonds. The van der Waals surface area contributed by atoms with Crippen molar-refractivity contribution in [1.82, 2.24) is 0 Å². The lowest BCUT2D eigenvalue weighted by Crippen LogP contribution is -2.10. The van der Waals surface area contributed by atoms with Crippen LogP contribution in [0.4, 0.5) is 5.69 Å². The lowest BCUT2D eigenvalue weighted by molar-refractivity contribution is -0.111. The third kappa shape index (κ3) is 4.63. The SMILES string of the molecule is COC(=O)c1ccc(NC(=O)C=Cc2ccc(OC)c(OC)c2)c(C)c1. The van der Waals surface area contributed by atoms with E-state index < -0.39 is 5.97 Å². The minimum Gasteiger partial charge on any atom is -0.493 e. The van der Waals surface area contributed by atoms with Gasteiger partial charge in [-0.1, -0.05) is 6.07 Å². The van der Waals surface area contributed by atoms with Crippen molar-refractivity contribution >= 4 is 23.6 Å². The van der Waals surface area contributed by atoms with Crippen LogP contribution in [0.15, 0.2) is 42.5 Å². The van der Waals surface area contributed by atoms with Crippen molar-refractivity contribution in [2.75, 3.05) is 26.6 Å². The molecule has 0 saturated carbocycles. The van der Waals surface area contributed by atoms with Crippen molar-refractivity contribution in [3.8, 4) is 11.5 Å². The Hall–Kier alpha value is -3.28. The van der Waals surface area contributed by atoms with E-state index in [0.717, 1.165) is 11.1 Å². The summed E-state index contributed by atoms with van der Waals surface area (Å²) >= 11 is 0. The van der Waals surface area contributed by atoms with Gasteiger partial charge < -0.3 is 19.5 Å². The Morgan fingerprint density at radius 1 is 0.962 bits per heavy atom. The molecule has 0 radical (unpaired) electrons. The van der Waals surface area contributed by atoms with Crippen molar-refractivity contribution in [3.63, 3.8) is 0 Å². The predicted molar refractivity (Wildman–Crippen MR) is 99.7 cm³/mol. The third-order valence-corrected chi connectivity index (χ3v) is 3.74. The predicted octanol–water partition coefficient (Wildman–Crippen LogP) is 3.45. The van der Waals surface area contributed by atoms with Crippen molar-refractivity contribution < 1.29 is 23.8 Å². The number of ether oxygens (including phenoxy) is 3. The number of hydrogen-bond donors (Lipinski definition) is 1. The van der Waals surface area contributed by atoms with Crippen molar-refractivity contribution in [1.29, 1.82) is 0 Å². The number of rotatable bonds is 6. The molecule has 0 aliphatic rings. The lowest BCUT2D eigenvalue weighted by atomic mass is 10.1. The number of aryl methyl sites for hydroxylation is 1. The van der Waals surface area contributed by atoms with E-state index in [1.54, 1.807) is 57.6 Å². The summed E-state index contributed by atoms with van der Waals surface area (Å²) in [7, 11) is 4.44. The highest BCUT2D eigenvalue weighted by atomic mass is 16.5. The molecule has 26 heavy (non-hydrogen) atoms. The van der Waals surface area contributed by atoms with Crippen LogP contribution in [0.25, 0.3) is 6.08 Å². The quantitative estimate of drug-likeness (QED) is 0.635. The van der Waals surface area contributed by atoms with E-state index in [0.29, 0.717) is 22.7 Å². The number of esters is 1. The Morgan fingerprint density at radius 2 is 1.69 bits per heavy atom. The zero-order valence-corrected chi connectivity index (χ0v) is 15.2. The monoisotopic (exact) mass is 355 g/mol. The van der Waals surface area contributed by atoms with Gasteiger partial charge in [-0.3, -0.25) is 4.79 Å². The maximum atomic E-state index is 12.1. The second kappa shape index (κ2) is 8.71. The van der Waals surface area contributed by atoms with Crippen LogP contribution < -0.4 is 14.8 Å². The topological polar surface area (TPSA) is 73.9 Å². The van der Waals surface area contributed by atoms with E-state index >= 15 is 0 Å². The first-order chi connectivity index (χ1) is 12.5. The van der Waals surface area contributed by atoms with Gasteiger partial charge >= 0.3 is 5.97 Å². The van der Waals surface area contributed by atoms with E-state index in [1.165, 1.54) is 13.2 Å². The Bertz CT molecular complexity index is 842. The largest absolute Gasteiger partial charge is 0.493 e. The van der Waals surface area contributed by atoms with Crippen LogP contribution in [0.1, 0.15) is 21.5 Å². The van der Waals surface area contributed by atoms with Crippen LogP contribution >= 0.6 is 0 Å². The normalized spacial score (nSPS) is 10.5. The number of carbonyl (C=O) groups excluding carboxylic acids is 2. The first-order valence-electron chi connectivity index (χ1n) is 7.88. The standard InChI is InChI=1S/C20H21NO5/c1-13-11-15(20(23)26-4)7-8-16(13)21-19(22)10-6-14-5-9-17(24-2)18(12-14)25-3/h5-12H,1-4H3,(H,21,22). The van der Waals surface area contributed by atoms with Gasteiger partial charge in [0.1, 0.15) is 0 Å². The van der Waals surface area contributed by atoms with Crippen LogP contribution in [-0.4, -0.2) is 33.2 Å². The molecule has 0 aliphatic heterocycles. The average molecular weight is 355 g/mol. The van der Waals surface area contributed by atoms with Crippen LogP contribution in [0.5, 0.6) is 11.5 Å². The maximum absolute atomic E-state index is 12.1. The number of nitrogens with one attached hydrogen (secondary N) is 1. The Labute approximate surface area is 152 Å². The highest BCUT2D eigenvalue weighted by Gasteiger charge is 2.09. The molecule has 0 saturated heterocycles. The van der Waals surface area contributed by atoms with Gasteiger partial charge in [0.25, 0.3) is 0 Å². The molecule has 6 nitrogen and oxygen atoms in total. The van der Waals surface area contributed by atoms with Gasteiger partial charge in [0.2, 0.25) is 5.91 Å². The van der Waals surface area contributed by atoms with Crippen LogP contribution in [0.3, 0.4) is 0 Å². The van der Waals surface area contributed by atoms with E-state index in [1.807, 2.05) is 6.07 Å². The van der Waals surface area contributed by atoms with Crippen LogP contribution in [-0.2, 0) is 9.53 Å². The summed E-state index contributed by atoms with van der Waals surface area (Å²) < 4.78 is 15.1. The van der Waals surface area contributed by atoms with Crippen LogP contribution in [0.2, 0.25) is 0 Å². The van der Waals surface area contributed by atoms with Gasteiger partial charge in [0.15, 0.2) is 11.5 Å². The fraction of sp³-hybridized carbons (Fsp3) is 0.200. The van der Waals surface area contributed by atoms with Crippen molar-refractivity contribution in [2.24, 2.45) is 0 Å². The fourth-order valence-corrected chi connectivity index (χ4v) is 2.35. The molecule has 6 heteroatoms. The molecule has 0 fully saturated rings. The minimum atomic E-state index is -0.417. The number of benzene rings is 2. The number of amides is 1. The number of carbonyl (C=O) groups is 2. The van der Waals surface area contributed by atoms with Gasteiger partial charge in [-0.05, 0) is 54.5 Å². The number of hydrogen-bond acceptors (Lipinski definition) is 5. The zero-order chi connectivity index (χ0) is 19.1.